The average molecular weight is 380 g/mol. The maximum absolute atomic E-state index is 13.0. The fraction of sp³-hybridized carbons (Fsp3) is 0.304. The van der Waals surface area contributed by atoms with E-state index in [0.29, 0.717) is 29.8 Å². The molecule has 0 bridgehead atoms. The zero-order valence-corrected chi connectivity index (χ0v) is 16.2. The largest absolute Gasteiger partial charge is 0.243 e. The summed E-state index contributed by atoms with van der Waals surface area (Å²) in [5, 5.41) is 0. The predicted octanol–water partition coefficient (Wildman–Crippen LogP) is 4.89. The summed E-state index contributed by atoms with van der Waals surface area (Å²) in [7, 11) is -3.42. The van der Waals surface area contributed by atoms with Crippen molar-refractivity contribution in [2.45, 2.75) is 24.2 Å². The molecule has 0 radical (unpaired) electrons. The van der Waals surface area contributed by atoms with Gasteiger partial charge in [-0.25, -0.2) is 8.42 Å². The van der Waals surface area contributed by atoms with Crippen LogP contribution in [0.1, 0.15) is 19.3 Å². The Balaban J connectivity index is 1.45. The molecule has 1 heterocycles. The number of benzene rings is 2. The molecule has 1 fully saturated rings. The summed E-state index contributed by atoms with van der Waals surface area (Å²) in [6, 6.07) is 17.3. The molecule has 1 aliphatic heterocycles. The van der Waals surface area contributed by atoms with Gasteiger partial charge in [0.2, 0.25) is 10.0 Å². The molecule has 2 aliphatic rings. The SMILES string of the molecule is O=S(=O)(c1ccc(-c2ccccc2)cc1)N1CCC(C2C=CCC=C2)CC1. The average Bonchev–Trinajstić information content (AvgIpc) is 2.75. The van der Waals surface area contributed by atoms with Crippen molar-refractivity contribution in [3.05, 3.63) is 78.9 Å². The van der Waals surface area contributed by atoms with Crippen LogP contribution in [-0.2, 0) is 10.0 Å². The van der Waals surface area contributed by atoms with Gasteiger partial charge >= 0.3 is 0 Å². The van der Waals surface area contributed by atoms with E-state index in [0.717, 1.165) is 30.4 Å². The standard InChI is InChI=1S/C23H25NO2S/c25-27(26,23-13-11-21(12-14-23)19-7-3-1-4-8-19)24-17-15-22(16-18-24)20-9-5-2-6-10-20/h1,3-14,20,22H,2,15-18H2. The van der Waals surface area contributed by atoms with Crippen LogP contribution in [0.2, 0.25) is 0 Å². The minimum Gasteiger partial charge on any atom is -0.207 e. The van der Waals surface area contributed by atoms with Crippen LogP contribution in [0, 0.1) is 11.8 Å². The lowest BCUT2D eigenvalue weighted by Crippen LogP contribution is -2.39. The van der Waals surface area contributed by atoms with Crippen molar-refractivity contribution in [1.82, 2.24) is 4.31 Å². The second kappa shape index (κ2) is 7.83. The molecule has 0 unspecified atom stereocenters. The molecule has 0 aromatic heterocycles. The highest BCUT2D eigenvalue weighted by molar-refractivity contribution is 7.89. The Bertz CT molecular complexity index is 910. The third-order valence-corrected chi connectivity index (χ3v) is 7.54. The number of piperidine rings is 1. The van der Waals surface area contributed by atoms with Gasteiger partial charge in [0.1, 0.15) is 0 Å². The number of rotatable bonds is 4. The zero-order chi connectivity index (χ0) is 18.7. The van der Waals surface area contributed by atoms with Gasteiger partial charge in [-0.2, -0.15) is 4.31 Å². The van der Waals surface area contributed by atoms with Crippen molar-refractivity contribution < 1.29 is 8.42 Å². The molecule has 0 N–H and O–H groups in total. The maximum Gasteiger partial charge on any atom is 0.243 e. The first-order valence-corrected chi connectivity index (χ1v) is 11.1. The van der Waals surface area contributed by atoms with E-state index in [1.807, 2.05) is 42.5 Å². The lowest BCUT2D eigenvalue weighted by atomic mass is 9.83. The molecule has 140 valence electrons. The molecule has 4 heteroatoms. The van der Waals surface area contributed by atoms with E-state index in [-0.39, 0.29) is 0 Å². The van der Waals surface area contributed by atoms with Gasteiger partial charge in [-0.3, -0.25) is 0 Å². The van der Waals surface area contributed by atoms with Crippen molar-refractivity contribution in [3.63, 3.8) is 0 Å². The molecule has 0 atom stereocenters. The molecule has 3 nitrogen and oxygen atoms in total. The molecule has 0 saturated carbocycles. The van der Waals surface area contributed by atoms with Crippen molar-refractivity contribution in [2.75, 3.05) is 13.1 Å². The Morgan fingerprint density at radius 1 is 0.778 bits per heavy atom. The van der Waals surface area contributed by atoms with E-state index in [9.17, 15) is 8.42 Å². The van der Waals surface area contributed by atoms with Crippen molar-refractivity contribution in [3.8, 4) is 11.1 Å². The smallest absolute Gasteiger partial charge is 0.207 e. The number of sulfonamides is 1. The molecule has 1 aliphatic carbocycles. The van der Waals surface area contributed by atoms with Crippen LogP contribution in [0.3, 0.4) is 0 Å². The van der Waals surface area contributed by atoms with Crippen LogP contribution in [0.5, 0.6) is 0 Å². The van der Waals surface area contributed by atoms with Gasteiger partial charge in [0.05, 0.1) is 4.90 Å². The lowest BCUT2D eigenvalue weighted by molar-refractivity contribution is 0.250. The summed E-state index contributed by atoms with van der Waals surface area (Å²) in [4.78, 5) is 0.387. The van der Waals surface area contributed by atoms with E-state index >= 15 is 0 Å². The van der Waals surface area contributed by atoms with Gasteiger partial charge < -0.3 is 0 Å². The summed E-state index contributed by atoms with van der Waals surface area (Å²) in [6.07, 6.45) is 11.8. The highest BCUT2D eigenvalue weighted by Gasteiger charge is 2.31. The van der Waals surface area contributed by atoms with Crippen molar-refractivity contribution >= 4 is 10.0 Å². The van der Waals surface area contributed by atoms with E-state index in [1.165, 1.54) is 0 Å². The Kier molecular flexibility index (Phi) is 5.28. The van der Waals surface area contributed by atoms with Gasteiger partial charge in [0.25, 0.3) is 0 Å². The first-order valence-electron chi connectivity index (χ1n) is 9.63. The molecule has 27 heavy (non-hydrogen) atoms. The van der Waals surface area contributed by atoms with E-state index in [2.05, 4.69) is 24.3 Å². The van der Waals surface area contributed by atoms with Crippen molar-refractivity contribution in [2.24, 2.45) is 11.8 Å². The molecule has 0 spiro atoms. The maximum atomic E-state index is 13.0. The first-order chi connectivity index (χ1) is 13.1. The predicted molar refractivity (Wildman–Crippen MR) is 110 cm³/mol. The number of hydrogen-bond acceptors (Lipinski definition) is 2. The Morgan fingerprint density at radius 2 is 1.37 bits per heavy atom. The van der Waals surface area contributed by atoms with Crippen LogP contribution in [0.4, 0.5) is 0 Å². The quantitative estimate of drug-likeness (QED) is 0.710. The van der Waals surface area contributed by atoms with Crippen LogP contribution in [0.25, 0.3) is 11.1 Å². The third kappa shape index (κ3) is 3.92. The van der Waals surface area contributed by atoms with Crippen LogP contribution < -0.4 is 0 Å². The van der Waals surface area contributed by atoms with Gasteiger partial charge in [0, 0.05) is 13.1 Å². The van der Waals surface area contributed by atoms with Gasteiger partial charge in [-0.1, -0.05) is 66.8 Å². The summed E-state index contributed by atoms with van der Waals surface area (Å²) in [5.74, 6) is 1.01. The van der Waals surface area contributed by atoms with Crippen LogP contribution in [-0.4, -0.2) is 25.8 Å². The van der Waals surface area contributed by atoms with E-state index in [1.54, 1.807) is 16.4 Å². The molecule has 2 aromatic rings. The highest BCUT2D eigenvalue weighted by atomic mass is 32.2. The van der Waals surface area contributed by atoms with Gasteiger partial charge in [0.15, 0.2) is 0 Å². The Morgan fingerprint density at radius 3 is 2.00 bits per heavy atom. The Hall–Kier alpha value is -2.17. The summed E-state index contributed by atoms with van der Waals surface area (Å²) < 4.78 is 27.7. The molecule has 1 saturated heterocycles. The van der Waals surface area contributed by atoms with E-state index < -0.39 is 10.0 Å². The summed E-state index contributed by atoms with van der Waals surface area (Å²) in [5.41, 5.74) is 2.12. The number of nitrogens with zero attached hydrogens (tertiary/aromatic N) is 1. The first kappa shape index (κ1) is 18.2. The minimum absolute atomic E-state index is 0.387. The normalized spacial score (nSPS) is 19.4. The van der Waals surface area contributed by atoms with Crippen molar-refractivity contribution in [1.29, 1.82) is 0 Å². The zero-order valence-electron chi connectivity index (χ0n) is 15.4. The monoisotopic (exact) mass is 379 g/mol. The van der Waals surface area contributed by atoms with E-state index in [4.69, 9.17) is 0 Å². The molecule has 4 rings (SSSR count). The molecule has 2 aromatic carbocycles. The minimum atomic E-state index is -3.42. The lowest BCUT2D eigenvalue weighted by Gasteiger charge is -2.34. The molecular formula is C23H25NO2S. The third-order valence-electron chi connectivity index (χ3n) is 5.63. The Labute approximate surface area is 162 Å². The van der Waals surface area contributed by atoms with Gasteiger partial charge in [-0.05, 0) is 54.4 Å². The molecule has 0 amide bonds. The van der Waals surface area contributed by atoms with Crippen LogP contribution in [0.15, 0.2) is 83.8 Å². The van der Waals surface area contributed by atoms with Gasteiger partial charge in [-0.15, -0.1) is 0 Å². The fourth-order valence-corrected chi connectivity index (χ4v) is 5.50. The summed E-state index contributed by atoms with van der Waals surface area (Å²) in [6.45, 7) is 1.21. The highest BCUT2D eigenvalue weighted by Crippen LogP contribution is 2.31. The second-order valence-electron chi connectivity index (χ2n) is 7.30. The summed E-state index contributed by atoms with van der Waals surface area (Å²) >= 11 is 0. The fourth-order valence-electron chi connectivity index (χ4n) is 4.03. The number of allylic oxidation sites excluding steroid dienone is 4. The molecular weight excluding hydrogens is 354 g/mol. The van der Waals surface area contributed by atoms with Crippen LogP contribution >= 0.6 is 0 Å². The number of hydrogen-bond donors (Lipinski definition) is 0. The topological polar surface area (TPSA) is 37.4 Å². The second-order valence-corrected chi connectivity index (χ2v) is 9.24.